The third kappa shape index (κ3) is 7.88. The van der Waals surface area contributed by atoms with Crippen molar-refractivity contribution in [1.29, 1.82) is 0 Å². The Labute approximate surface area is 397 Å². The molecule has 1 aliphatic rings. The number of anilines is 2. The Morgan fingerprint density at radius 3 is 1.69 bits per heavy atom. The van der Waals surface area contributed by atoms with Gasteiger partial charge in [0.2, 0.25) is 0 Å². The Morgan fingerprint density at radius 2 is 0.926 bits per heavy atom. The molecule has 0 unspecified atom stereocenters. The van der Waals surface area contributed by atoms with Crippen molar-refractivity contribution in [2.24, 2.45) is 0 Å². The lowest BCUT2D eigenvalue weighted by atomic mass is 9.96. The molecule has 4 heteroatoms. The fraction of sp³-hybridized carbons (Fsp3) is 0.0312. The van der Waals surface area contributed by atoms with Crippen LogP contribution in [0.2, 0.25) is 0 Å². The van der Waals surface area contributed by atoms with Crippen LogP contribution >= 0.6 is 0 Å². The van der Waals surface area contributed by atoms with Gasteiger partial charge < -0.3 is 9.47 Å². The standard InChI is InChI=1S/C64H46N4/c1-4-18-46(19-5-1)59-44-60(66-64(65-59)48-21-6-2-7-22-48)54-27-15-25-51(41-54)49-23-14-24-50(40-49)52-26-16-31-56(42-52)67-39-17-28-45(35-36-47-20-10-12-33-61(47)67)53-37-38-63-58(43-53)57-32-11-13-34-62(57)68(63)55-29-8-3-9-30-55/h1-35,37-38,40-44H,36,39H2/b28-17-,45-35+. The normalized spacial score (nSPS) is 13.8. The predicted molar refractivity (Wildman–Crippen MR) is 284 cm³/mol. The molecule has 0 radical (unpaired) electrons. The first-order valence-electron chi connectivity index (χ1n) is 23.3. The summed E-state index contributed by atoms with van der Waals surface area (Å²) in [6.07, 6.45) is 7.83. The van der Waals surface area contributed by atoms with Crippen LogP contribution in [0.15, 0.2) is 255 Å². The van der Waals surface area contributed by atoms with Gasteiger partial charge in [0.15, 0.2) is 5.82 Å². The first kappa shape index (κ1) is 40.6. The molecule has 2 aromatic heterocycles. The van der Waals surface area contributed by atoms with Crippen LogP contribution in [-0.4, -0.2) is 21.1 Å². The maximum atomic E-state index is 5.11. The Hall–Kier alpha value is -8.86. The van der Waals surface area contributed by atoms with Crippen LogP contribution < -0.4 is 4.90 Å². The molecule has 68 heavy (non-hydrogen) atoms. The van der Waals surface area contributed by atoms with Gasteiger partial charge in [-0.05, 0) is 112 Å². The molecule has 0 aliphatic carbocycles. The fourth-order valence-electron chi connectivity index (χ4n) is 9.74. The Balaban J connectivity index is 0.854. The van der Waals surface area contributed by atoms with Crippen LogP contribution in [0.4, 0.5) is 11.4 Å². The molecule has 0 bridgehead atoms. The zero-order chi connectivity index (χ0) is 45.2. The van der Waals surface area contributed by atoms with Crippen molar-refractivity contribution in [2.75, 3.05) is 11.4 Å². The van der Waals surface area contributed by atoms with Gasteiger partial charge in [0.25, 0.3) is 0 Å². The van der Waals surface area contributed by atoms with Crippen LogP contribution in [0, 0.1) is 0 Å². The number of aromatic nitrogens is 3. The molecule has 0 spiro atoms. The Bertz CT molecular complexity index is 3620. The van der Waals surface area contributed by atoms with Crippen LogP contribution in [0.3, 0.4) is 0 Å². The zero-order valence-electron chi connectivity index (χ0n) is 37.5. The predicted octanol–water partition coefficient (Wildman–Crippen LogP) is 16.2. The number of hydrogen-bond acceptors (Lipinski definition) is 3. The van der Waals surface area contributed by atoms with E-state index in [4.69, 9.17) is 9.97 Å². The lowest BCUT2D eigenvalue weighted by Crippen LogP contribution is -2.18. The molecule has 0 saturated carbocycles. The summed E-state index contributed by atoms with van der Waals surface area (Å²) >= 11 is 0. The van der Waals surface area contributed by atoms with Gasteiger partial charge in [0.05, 0.1) is 22.4 Å². The molecular formula is C64H46N4. The Morgan fingerprint density at radius 1 is 0.368 bits per heavy atom. The van der Waals surface area contributed by atoms with Crippen molar-refractivity contribution >= 4 is 38.8 Å². The molecule has 1 aliphatic heterocycles. The van der Waals surface area contributed by atoms with Gasteiger partial charge in [0.1, 0.15) is 0 Å². The smallest absolute Gasteiger partial charge is 0.160 e. The quantitative estimate of drug-likeness (QED) is 0.153. The monoisotopic (exact) mass is 870 g/mol. The first-order chi connectivity index (χ1) is 33.7. The number of nitrogens with zero attached hydrogens (tertiary/aromatic N) is 4. The average Bonchev–Trinajstić information content (AvgIpc) is 3.79. The first-order valence-corrected chi connectivity index (χ1v) is 23.3. The summed E-state index contributed by atoms with van der Waals surface area (Å²) in [7, 11) is 0. The van der Waals surface area contributed by atoms with Gasteiger partial charge in [-0.3, -0.25) is 0 Å². The molecular weight excluding hydrogens is 825 g/mol. The summed E-state index contributed by atoms with van der Waals surface area (Å²) < 4.78 is 2.38. The van der Waals surface area contributed by atoms with Crippen molar-refractivity contribution in [1.82, 2.24) is 14.5 Å². The van der Waals surface area contributed by atoms with Crippen molar-refractivity contribution in [3.8, 4) is 61.8 Å². The van der Waals surface area contributed by atoms with Crippen LogP contribution in [0.1, 0.15) is 11.1 Å². The van der Waals surface area contributed by atoms with E-state index < -0.39 is 0 Å². The van der Waals surface area contributed by atoms with E-state index in [2.05, 4.69) is 240 Å². The number of hydrogen-bond donors (Lipinski definition) is 0. The van der Waals surface area contributed by atoms with Gasteiger partial charge in [-0.15, -0.1) is 0 Å². The minimum atomic E-state index is 0.709. The molecule has 3 heterocycles. The molecule has 0 atom stereocenters. The zero-order valence-corrected chi connectivity index (χ0v) is 37.5. The second kappa shape index (κ2) is 17.8. The molecule has 0 saturated heterocycles. The van der Waals surface area contributed by atoms with Gasteiger partial charge in [-0.2, -0.15) is 0 Å². The second-order valence-corrected chi connectivity index (χ2v) is 17.3. The van der Waals surface area contributed by atoms with E-state index in [9.17, 15) is 0 Å². The highest BCUT2D eigenvalue weighted by molar-refractivity contribution is 6.10. The number of allylic oxidation sites excluding steroid dienone is 3. The van der Waals surface area contributed by atoms with E-state index >= 15 is 0 Å². The SMILES string of the molecule is C1=C\C(c2ccc3c(c2)c2ccccc2n3-c2ccccc2)=C/Cc2ccccc2N(c2cccc(-c3cccc(-c4cccc(-c5cc(-c6ccccc6)nc(-c6ccccc6)n5)c4)c3)c2)C/1. The third-order valence-electron chi connectivity index (χ3n) is 13.1. The van der Waals surface area contributed by atoms with Crippen LogP contribution in [0.5, 0.6) is 0 Å². The molecule has 322 valence electrons. The van der Waals surface area contributed by atoms with Gasteiger partial charge in [-0.25, -0.2) is 9.97 Å². The van der Waals surface area contributed by atoms with E-state index in [0.717, 1.165) is 63.4 Å². The number of para-hydroxylation sites is 3. The molecule has 0 fully saturated rings. The number of benzene rings is 9. The van der Waals surface area contributed by atoms with Gasteiger partial charge >= 0.3 is 0 Å². The van der Waals surface area contributed by atoms with E-state index in [-0.39, 0.29) is 0 Å². The summed E-state index contributed by atoms with van der Waals surface area (Å²) in [6.45, 7) is 0.723. The number of fused-ring (bicyclic) bond motifs is 4. The topological polar surface area (TPSA) is 34.0 Å². The fourth-order valence-corrected chi connectivity index (χ4v) is 9.74. The summed E-state index contributed by atoms with van der Waals surface area (Å²) in [4.78, 5) is 12.6. The van der Waals surface area contributed by atoms with Crippen molar-refractivity contribution in [3.05, 3.63) is 266 Å². The molecule has 4 nitrogen and oxygen atoms in total. The maximum absolute atomic E-state index is 5.11. The van der Waals surface area contributed by atoms with E-state index in [1.54, 1.807) is 0 Å². The minimum absolute atomic E-state index is 0.709. The maximum Gasteiger partial charge on any atom is 0.160 e. The molecule has 11 aromatic rings. The lowest BCUT2D eigenvalue weighted by Gasteiger charge is -2.26. The highest BCUT2D eigenvalue weighted by Gasteiger charge is 2.18. The van der Waals surface area contributed by atoms with Crippen LogP contribution in [0.25, 0.3) is 89.2 Å². The molecule has 0 amide bonds. The summed E-state index contributed by atoms with van der Waals surface area (Å²) in [5, 5.41) is 2.51. The molecule has 9 aromatic carbocycles. The van der Waals surface area contributed by atoms with E-state index in [1.807, 2.05) is 24.3 Å². The van der Waals surface area contributed by atoms with Crippen molar-refractivity contribution in [2.45, 2.75) is 6.42 Å². The summed E-state index contributed by atoms with van der Waals surface area (Å²) in [5.74, 6) is 0.709. The second-order valence-electron chi connectivity index (χ2n) is 17.3. The van der Waals surface area contributed by atoms with Crippen molar-refractivity contribution in [3.63, 3.8) is 0 Å². The summed E-state index contributed by atoms with van der Waals surface area (Å²) in [5.41, 5.74) is 19.2. The lowest BCUT2D eigenvalue weighted by molar-refractivity contribution is 1.07. The highest BCUT2D eigenvalue weighted by atomic mass is 15.1. The van der Waals surface area contributed by atoms with E-state index in [1.165, 1.54) is 55.4 Å². The van der Waals surface area contributed by atoms with E-state index in [0.29, 0.717) is 5.82 Å². The summed E-state index contributed by atoms with van der Waals surface area (Å²) in [6, 6.07) is 84.4. The van der Waals surface area contributed by atoms with Gasteiger partial charge in [0, 0.05) is 51.1 Å². The Kier molecular flexibility index (Phi) is 10.7. The minimum Gasteiger partial charge on any atom is -0.337 e. The molecule has 0 N–H and O–H groups in total. The largest absolute Gasteiger partial charge is 0.337 e. The van der Waals surface area contributed by atoms with Crippen LogP contribution in [-0.2, 0) is 6.42 Å². The third-order valence-corrected chi connectivity index (χ3v) is 13.1. The highest BCUT2D eigenvalue weighted by Crippen LogP contribution is 2.38. The van der Waals surface area contributed by atoms with Crippen molar-refractivity contribution < 1.29 is 0 Å². The molecule has 12 rings (SSSR count). The average molecular weight is 871 g/mol. The number of rotatable bonds is 8. The van der Waals surface area contributed by atoms with Gasteiger partial charge in [-0.1, -0.05) is 188 Å².